The van der Waals surface area contributed by atoms with E-state index in [-0.39, 0.29) is 0 Å². The first-order chi connectivity index (χ1) is 14.7. The van der Waals surface area contributed by atoms with Crippen molar-refractivity contribution in [1.82, 2.24) is 34.3 Å². The summed E-state index contributed by atoms with van der Waals surface area (Å²) in [5, 5.41) is 13.0. The predicted octanol–water partition coefficient (Wildman–Crippen LogP) is 1.65. The molecule has 0 aliphatic carbocycles. The van der Waals surface area contributed by atoms with Crippen LogP contribution >= 0.6 is 0 Å². The van der Waals surface area contributed by atoms with Gasteiger partial charge in [-0.1, -0.05) is 5.21 Å². The Bertz CT molecular complexity index is 1300. The molecule has 0 amide bonds. The topological polar surface area (TPSA) is 84.8 Å². The Morgan fingerprint density at radius 2 is 2.00 bits per heavy atom. The van der Waals surface area contributed by atoms with Gasteiger partial charge in [0.25, 0.3) is 0 Å². The van der Waals surface area contributed by atoms with E-state index >= 15 is 0 Å². The molecule has 9 heteroatoms. The predicted molar refractivity (Wildman–Crippen MR) is 108 cm³/mol. The van der Waals surface area contributed by atoms with E-state index in [0.717, 1.165) is 34.2 Å². The molecule has 1 aromatic carbocycles. The molecule has 0 atom stereocenters. The summed E-state index contributed by atoms with van der Waals surface area (Å²) in [6.07, 6.45) is 4.22. The number of rotatable bonds is 3. The van der Waals surface area contributed by atoms with E-state index in [1.807, 2.05) is 46.8 Å². The van der Waals surface area contributed by atoms with Crippen molar-refractivity contribution >= 4 is 0 Å². The number of methoxy groups -OCH3 is 2. The van der Waals surface area contributed by atoms with E-state index in [2.05, 4.69) is 32.2 Å². The number of aryl methyl sites for hydroxylation is 1. The molecule has 9 nitrogen and oxygen atoms in total. The van der Waals surface area contributed by atoms with Gasteiger partial charge in [-0.25, -0.2) is 9.67 Å². The fourth-order valence-corrected chi connectivity index (χ4v) is 3.57. The zero-order valence-corrected chi connectivity index (χ0v) is 16.8. The number of benzene rings is 1. The molecule has 0 N–H and O–H groups in total. The molecule has 30 heavy (non-hydrogen) atoms. The van der Waals surface area contributed by atoms with E-state index in [1.165, 1.54) is 0 Å². The standard InChI is InChI=1S/C21H19N7O2/c1-26-9-8-14(24-26)4-6-16-19-11-20-17(12-29-2)23-25-28(20)21-10-15(30-3)5-7-18(21)27(19)13-22-16/h5,7-10,13H,11-12H2,1-3H3. The lowest BCUT2D eigenvalue weighted by atomic mass is 10.1. The molecule has 0 spiro atoms. The van der Waals surface area contributed by atoms with Gasteiger partial charge in [-0.05, 0) is 30.0 Å². The van der Waals surface area contributed by atoms with Crippen LogP contribution in [-0.2, 0) is 24.8 Å². The largest absolute Gasteiger partial charge is 0.497 e. The second kappa shape index (κ2) is 7.17. The van der Waals surface area contributed by atoms with Crippen LogP contribution in [-0.4, -0.2) is 48.5 Å². The Labute approximate surface area is 172 Å². The Morgan fingerprint density at radius 3 is 2.77 bits per heavy atom. The van der Waals surface area contributed by atoms with Gasteiger partial charge in [0.05, 0.1) is 36.5 Å². The lowest BCUT2D eigenvalue weighted by Crippen LogP contribution is -2.04. The number of hydrogen-bond donors (Lipinski definition) is 0. The third-order valence-electron chi connectivity index (χ3n) is 5.02. The Kier molecular flexibility index (Phi) is 4.34. The maximum absolute atomic E-state index is 5.43. The molecule has 150 valence electrons. The van der Waals surface area contributed by atoms with E-state index in [0.29, 0.717) is 24.4 Å². The van der Waals surface area contributed by atoms with Gasteiger partial charge in [0, 0.05) is 32.8 Å². The van der Waals surface area contributed by atoms with Gasteiger partial charge < -0.3 is 9.47 Å². The second-order valence-electron chi connectivity index (χ2n) is 6.89. The molecular weight excluding hydrogens is 382 g/mol. The SMILES string of the molecule is COCc1nnn2c1Cc1c(C#Cc3ccn(C)n3)ncn1-c1ccc(OC)cc1-2. The number of imidazole rings is 1. The van der Waals surface area contributed by atoms with Crippen LogP contribution in [0.1, 0.15) is 28.5 Å². The third kappa shape index (κ3) is 2.94. The van der Waals surface area contributed by atoms with Crippen LogP contribution in [0.4, 0.5) is 0 Å². The smallest absolute Gasteiger partial charge is 0.135 e. The summed E-state index contributed by atoms with van der Waals surface area (Å²) in [6, 6.07) is 7.72. The fraction of sp³-hybridized carbons (Fsp3) is 0.238. The zero-order valence-electron chi connectivity index (χ0n) is 16.8. The van der Waals surface area contributed by atoms with Crippen LogP contribution < -0.4 is 4.74 Å². The lowest BCUT2D eigenvalue weighted by molar-refractivity contribution is 0.180. The van der Waals surface area contributed by atoms with Gasteiger partial charge in [0.1, 0.15) is 29.2 Å². The van der Waals surface area contributed by atoms with Crippen LogP contribution in [0.15, 0.2) is 36.8 Å². The first-order valence-electron chi connectivity index (χ1n) is 9.37. The van der Waals surface area contributed by atoms with E-state index in [4.69, 9.17) is 9.47 Å². The summed E-state index contributed by atoms with van der Waals surface area (Å²) in [5.74, 6) is 7.01. The van der Waals surface area contributed by atoms with Crippen molar-refractivity contribution in [1.29, 1.82) is 0 Å². The summed E-state index contributed by atoms with van der Waals surface area (Å²) < 4.78 is 16.4. The molecule has 3 aromatic heterocycles. The summed E-state index contributed by atoms with van der Waals surface area (Å²) >= 11 is 0. The molecular formula is C21H19N7O2. The number of hydrogen-bond acceptors (Lipinski definition) is 6. The molecule has 0 saturated heterocycles. The van der Waals surface area contributed by atoms with Gasteiger partial charge in [-0.2, -0.15) is 5.10 Å². The molecule has 4 aromatic rings. The number of fused-ring (bicyclic) bond motifs is 5. The van der Waals surface area contributed by atoms with E-state index in [9.17, 15) is 0 Å². The normalized spacial score (nSPS) is 11.7. The minimum atomic E-state index is 0.373. The Balaban J connectivity index is 1.69. The molecule has 0 unspecified atom stereocenters. The molecule has 1 aliphatic rings. The van der Waals surface area contributed by atoms with Gasteiger partial charge in [-0.3, -0.25) is 9.25 Å². The van der Waals surface area contributed by atoms with Crippen molar-refractivity contribution < 1.29 is 9.47 Å². The maximum Gasteiger partial charge on any atom is 0.135 e. The molecule has 0 fully saturated rings. The van der Waals surface area contributed by atoms with Crippen LogP contribution in [0.3, 0.4) is 0 Å². The second-order valence-corrected chi connectivity index (χ2v) is 6.89. The number of ether oxygens (including phenoxy) is 2. The van der Waals surface area contributed by atoms with Crippen molar-refractivity contribution in [3.05, 3.63) is 65.3 Å². The van der Waals surface area contributed by atoms with Crippen LogP contribution in [0, 0.1) is 11.8 Å². The van der Waals surface area contributed by atoms with Crippen LogP contribution in [0.25, 0.3) is 11.4 Å². The van der Waals surface area contributed by atoms with E-state index < -0.39 is 0 Å². The lowest BCUT2D eigenvalue weighted by Gasteiger charge is -2.11. The first kappa shape index (κ1) is 18.1. The molecule has 4 heterocycles. The molecule has 5 rings (SSSR count). The Morgan fingerprint density at radius 1 is 1.10 bits per heavy atom. The highest BCUT2D eigenvalue weighted by Gasteiger charge is 2.26. The molecule has 0 bridgehead atoms. The Hall–Kier alpha value is -3.90. The quantitative estimate of drug-likeness (QED) is 0.428. The third-order valence-corrected chi connectivity index (χ3v) is 5.02. The maximum atomic E-state index is 5.43. The number of nitrogens with zero attached hydrogens (tertiary/aromatic N) is 7. The zero-order chi connectivity index (χ0) is 20.7. The number of aromatic nitrogens is 7. The van der Waals surface area contributed by atoms with Crippen molar-refractivity contribution in [3.63, 3.8) is 0 Å². The average Bonchev–Trinajstić information content (AvgIpc) is 3.44. The summed E-state index contributed by atoms with van der Waals surface area (Å²) in [7, 11) is 5.16. The van der Waals surface area contributed by atoms with E-state index in [1.54, 1.807) is 25.2 Å². The fourth-order valence-electron chi connectivity index (χ4n) is 3.57. The van der Waals surface area contributed by atoms with Crippen LogP contribution in [0.5, 0.6) is 5.75 Å². The van der Waals surface area contributed by atoms with Crippen molar-refractivity contribution in [2.24, 2.45) is 7.05 Å². The monoisotopic (exact) mass is 401 g/mol. The summed E-state index contributed by atoms with van der Waals surface area (Å²) in [6.45, 7) is 0.373. The summed E-state index contributed by atoms with van der Waals surface area (Å²) in [4.78, 5) is 4.58. The van der Waals surface area contributed by atoms with Gasteiger partial charge in [0.2, 0.25) is 0 Å². The van der Waals surface area contributed by atoms with Crippen molar-refractivity contribution in [2.75, 3.05) is 14.2 Å². The van der Waals surface area contributed by atoms with Gasteiger partial charge >= 0.3 is 0 Å². The van der Waals surface area contributed by atoms with Gasteiger partial charge in [0.15, 0.2) is 0 Å². The van der Waals surface area contributed by atoms with Crippen molar-refractivity contribution in [2.45, 2.75) is 13.0 Å². The van der Waals surface area contributed by atoms with Crippen molar-refractivity contribution in [3.8, 4) is 29.0 Å². The van der Waals surface area contributed by atoms with Crippen LogP contribution in [0.2, 0.25) is 0 Å². The summed E-state index contributed by atoms with van der Waals surface area (Å²) in [5.41, 5.74) is 5.86. The first-order valence-corrected chi connectivity index (χ1v) is 9.37. The molecule has 0 saturated carbocycles. The minimum Gasteiger partial charge on any atom is -0.497 e. The molecule has 0 radical (unpaired) electrons. The van der Waals surface area contributed by atoms with Gasteiger partial charge in [-0.15, -0.1) is 5.10 Å². The highest BCUT2D eigenvalue weighted by atomic mass is 16.5. The highest BCUT2D eigenvalue weighted by Crippen LogP contribution is 2.32. The average molecular weight is 401 g/mol. The minimum absolute atomic E-state index is 0.373. The highest BCUT2D eigenvalue weighted by molar-refractivity contribution is 5.60. The molecule has 1 aliphatic heterocycles.